The number of H-pyrrole nitrogens is 1. The van der Waals surface area contributed by atoms with E-state index in [2.05, 4.69) is 25.5 Å². The van der Waals surface area contributed by atoms with E-state index in [-0.39, 0.29) is 12.3 Å². The van der Waals surface area contributed by atoms with Gasteiger partial charge in [0.15, 0.2) is 5.82 Å². The number of nitrogens with one attached hydrogen (secondary N) is 2. The SMILES string of the molecule is Cc1ccc(C)c(NC(=O)Cc2nc(-c3ccccn3)n[nH]2)c1. The maximum atomic E-state index is 12.2. The third-order valence-electron chi connectivity index (χ3n) is 3.42. The Hall–Kier alpha value is -3.02. The minimum Gasteiger partial charge on any atom is -0.325 e. The molecule has 0 spiro atoms. The Morgan fingerprint density at radius 1 is 1.22 bits per heavy atom. The van der Waals surface area contributed by atoms with E-state index in [1.165, 1.54) is 0 Å². The summed E-state index contributed by atoms with van der Waals surface area (Å²) in [6, 6.07) is 11.5. The molecule has 6 heteroatoms. The molecule has 3 rings (SSSR count). The lowest BCUT2D eigenvalue weighted by Crippen LogP contribution is -2.16. The lowest BCUT2D eigenvalue weighted by molar-refractivity contribution is -0.115. The number of carbonyl (C=O) groups excluding carboxylic acids is 1. The second kappa shape index (κ2) is 6.39. The lowest BCUT2D eigenvalue weighted by Gasteiger charge is -2.08. The molecule has 0 fully saturated rings. The first-order chi connectivity index (χ1) is 11.1. The predicted octanol–water partition coefficient (Wildman–Crippen LogP) is 2.66. The zero-order chi connectivity index (χ0) is 16.2. The van der Waals surface area contributed by atoms with E-state index in [0.717, 1.165) is 16.8 Å². The van der Waals surface area contributed by atoms with E-state index in [0.29, 0.717) is 17.3 Å². The van der Waals surface area contributed by atoms with Crippen LogP contribution >= 0.6 is 0 Å². The highest BCUT2D eigenvalue weighted by Gasteiger charge is 2.11. The molecule has 0 unspecified atom stereocenters. The van der Waals surface area contributed by atoms with Crippen molar-refractivity contribution in [3.63, 3.8) is 0 Å². The van der Waals surface area contributed by atoms with Crippen LogP contribution in [0.3, 0.4) is 0 Å². The lowest BCUT2D eigenvalue weighted by atomic mass is 10.1. The van der Waals surface area contributed by atoms with Gasteiger partial charge in [-0.05, 0) is 43.2 Å². The molecule has 6 nitrogen and oxygen atoms in total. The zero-order valence-corrected chi connectivity index (χ0v) is 13.0. The quantitative estimate of drug-likeness (QED) is 0.776. The number of nitrogens with zero attached hydrogens (tertiary/aromatic N) is 3. The number of hydrogen-bond acceptors (Lipinski definition) is 4. The number of hydrogen-bond donors (Lipinski definition) is 2. The zero-order valence-electron chi connectivity index (χ0n) is 13.0. The van der Waals surface area contributed by atoms with Gasteiger partial charge in [0.25, 0.3) is 0 Å². The summed E-state index contributed by atoms with van der Waals surface area (Å²) in [6.07, 6.45) is 1.81. The number of pyridine rings is 1. The number of rotatable bonds is 4. The largest absolute Gasteiger partial charge is 0.325 e. The number of aryl methyl sites for hydroxylation is 2. The van der Waals surface area contributed by atoms with Crippen molar-refractivity contribution >= 4 is 11.6 Å². The average Bonchev–Trinajstić information content (AvgIpc) is 3.00. The Bertz CT molecular complexity index is 826. The summed E-state index contributed by atoms with van der Waals surface area (Å²) in [5, 5.41) is 9.79. The number of aromatic amines is 1. The van der Waals surface area contributed by atoms with Gasteiger partial charge in [-0.2, -0.15) is 5.10 Å². The summed E-state index contributed by atoms with van der Waals surface area (Å²) in [5.41, 5.74) is 3.61. The van der Waals surface area contributed by atoms with E-state index in [1.54, 1.807) is 6.20 Å². The van der Waals surface area contributed by atoms with Gasteiger partial charge in [0, 0.05) is 11.9 Å². The van der Waals surface area contributed by atoms with Crippen LogP contribution in [0.25, 0.3) is 11.5 Å². The highest BCUT2D eigenvalue weighted by atomic mass is 16.1. The predicted molar refractivity (Wildman–Crippen MR) is 87.9 cm³/mol. The molecule has 3 aromatic rings. The summed E-state index contributed by atoms with van der Waals surface area (Å²) in [5.74, 6) is 0.857. The van der Waals surface area contributed by atoms with Crippen molar-refractivity contribution in [1.29, 1.82) is 0 Å². The number of benzene rings is 1. The smallest absolute Gasteiger partial charge is 0.232 e. The molecular weight excluding hydrogens is 290 g/mol. The van der Waals surface area contributed by atoms with Crippen LogP contribution < -0.4 is 5.32 Å². The van der Waals surface area contributed by atoms with Crippen molar-refractivity contribution in [2.24, 2.45) is 0 Å². The first-order valence-corrected chi connectivity index (χ1v) is 7.31. The van der Waals surface area contributed by atoms with Crippen LogP contribution in [0.5, 0.6) is 0 Å². The topological polar surface area (TPSA) is 83.6 Å². The molecule has 1 aromatic carbocycles. The fourth-order valence-corrected chi connectivity index (χ4v) is 2.20. The summed E-state index contributed by atoms with van der Waals surface area (Å²) in [7, 11) is 0. The van der Waals surface area contributed by atoms with Gasteiger partial charge >= 0.3 is 0 Å². The van der Waals surface area contributed by atoms with Gasteiger partial charge < -0.3 is 5.32 Å². The van der Waals surface area contributed by atoms with Crippen LogP contribution in [0.4, 0.5) is 5.69 Å². The Kier molecular flexibility index (Phi) is 4.14. The number of aromatic nitrogens is 4. The molecule has 0 atom stereocenters. The van der Waals surface area contributed by atoms with Gasteiger partial charge in [0.1, 0.15) is 11.5 Å². The van der Waals surface area contributed by atoms with Crippen molar-refractivity contribution in [3.8, 4) is 11.5 Å². The van der Waals surface area contributed by atoms with Crippen molar-refractivity contribution in [1.82, 2.24) is 20.2 Å². The van der Waals surface area contributed by atoms with Crippen molar-refractivity contribution in [2.45, 2.75) is 20.3 Å². The van der Waals surface area contributed by atoms with Crippen LogP contribution in [-0.2, 0) is 11.2 Å². The van der Waals surface area contributed by atoms with Gasteiger partial charge in [0.2, 0.25) is 5.91 Å². The molecule has 0 saturated carbocycles. The van der Waals surface area contributed by atoms with E-state index in [9.17, 15) is 4.79 Å². The van der Waals surface area contributed by atoms with Crippen LogP contribution in [0.2, 0.25) is 0 Å². The van der Waals surface area contributed by atoms with Crippen molar-refractivity contribution < 1.29 is 4.79 Å². The molecule has 0 bridgehead atoms. The number of carbonyl (C=O) groups is 1. The highest BCUT2D eigenvalue weighted by Crippen LogP contribution is 2.17. The standard InChI is InChI=1S/C17H17N5O/c1-11-6-7-12(2)14(9-11)19-16(23)10-15-20-17(22-21-15)13-5-3-4-8-18-13/h3-9H,10H2,1-2H3,(H,19,23)(H,20,21,22). The molecule has 0 radical (unpaired) electrons. The summed E-state index contributed by atoms with van der Waals surface area (Å²) in [6.45, 7) is 3.95. The van der Waals surface area contributed by atoms with Gasteiger partial charge in [-0.1, -0.05) is 18.2 Å². The molecule has 0 saturated heterocycles. The molecule has 0 aliphatic heterocycles. The Morgan fingerprint density at radius 2 is 2.09 bits per heavy atom. The minimum atomic E-state index is -0.137. The molecule has 2 N–H and O–H groups in total. The first-order valence-electron chi connectivity index (χ1n) is 7.31. The number of amides is 1. The van der Waals surface area contributed by atoms with Crippen molar-refractivity contribution in [2.75, 3.05) is 5.32 Å². The first kappa shape index (κ1) is 14.9. The average molecular weight is 307 g/mol. The van der Waals surface area contributed by atoms with Gasteiger partial charge in [-0.3, -0.25) is 14.9 Å². The van der Waals surface area contributed by atoms with Gasteiger partial charge in [-0.25, -0.2) is 4.98 Å². The fourth-order valence-electron chi connectivity index (χ4n) is 2.20. The van der Waals surface area contributed by atoms with Gasteiger partial charge in [-0.15, -0.1) is 0 Å². The molecule has 1 amide bonds. The molecule has 116 valence electrons. The van der Waals surface area contributed by atoms with Gasteiger partial charge in [0.05, 0.1) is 6.42 Å². The van der Waals surface area contributed by atoms with E-state index < -0.39 is 0 Å². The molecule has 0 aliphatic rings. The maximum absolute atomic E-state index is 12.2. The van der Waals surface area contributed by atoms with E-state index in [1.807, 2.05) is 50.2 Å². The summed E-state index contributed by atoms with van der Waals surface area (Å²) >= 11 is 0. The number of anilines is 1. The highest BCUT2D eigenvalue weighted by molar-refractivity contribution is 5.92. The second-order valence-corrected chi connectivity index (χ2v) is 5.36. The fraction of sp³-hybridized carbons (Fsp3) is 0.176. The van der Waals surface area contributed by atoms with Crippen LogP contribution in [0.15, 0.2) is 42.6 Å². The minimum absolute atomic E-state index is 0.132. The normalized spacial score (nSPS) is 10.5. The Morgan fingerprint density at radius 3 is 2.87 bits per heavy atom. The molecule has 2 aromatic heterocycles. The summed E-state index contributed by atoms with van der Waals surface area (Å²) < 4.78 is 0. The van der Waals surface area contributed by atoms with Crippen molar-refractivity contribution in [3.05, 3.63) is 59.5 Å². The van der Waals surface area contributed by atoms with Crippen LogP contribution in [0.1, 0.15) is 17.0 Å². The maximum Gasteiger partial charge on any atom is 0.232 e. The second-order valence-electron chi connectivity index (χ2n) is 5.36. The van der Waals surface area contributed by atoms with Crippen LogP contribution in [-0.4, -0.2) is 26.1 Å². The molecule has 2 heterocycles. The van der Waals surface area contributed by atoms with E-state index in [4.69, 9.17) is 0 Å². The van der Waals surface area contributed by atoms with Crippen LogP contribution in [0, 0.1) is 13.8 Å². The molecular formula is C17H17N5O. The third kappa shape index (κ3) is 3.60. The molecule has 0 aliphatic carbocycles. The monoisotopic (exact) mass is 307 g/mol. The Balaban J connectivity index is 1.69. The Labute approximate surface area is 134 Å². The third-order valence-corrected chi connectivity index (χ3v) is 3.42. The van der Waals surface area contributed by atoms with E-state index >= 15 is 0 Å². The molecule has 23 heavy (non-hydrogen) atoms. The summed E-state index contributed by atoms with van der Waals surface area (Å²) in [4.78, 5) is 20.7.